The third-order valence-electron chi connectivity index (χ3n) is 21.7. The molecule has 132 heavy (non-hydrogen) atoms. The van der Waals surface area contributed by atoms with Crippen LogP contribution in [0.1, 0.15) is 20.3 Å². The minimum absolute atomic E-state index is 0.00744. The van der Waals surface area contributed by atoms with Gasteiger partial charge in [-0.25, -0.2) is 63.7 Å². The molecule has 6 amide bonds. The van der Waals surface area contributed by atoms with Gasteiger partial charge in [0.05, 0.1) is 104 Å². The van der Waals surface area contributed by atoms with E-state index in [-0.39, 0.29) is 104 Å². The Morgan fingerprint density at radius 1 is 0.462 bits per heavy atom. The van der Waals surface area contributed by atoms with Gasteiger partial charge in [-0.2, -0.15) is 5.10 Å². The van der Waals surface area contributed by atoms with Crippen molar-refractivity contribution in [3.05, 3.63) is 266 Å². The minimum Gasteiger partial charge on any atom is -0.471 e. The van der Waals surface area contributed by atoms with Crippen LogP contribution in [0, 0.1) is 34.9 Å². The number of thioether (sulfide) groups is 4. The predicted molar refractivity (Wildman–Crippen MR) is 495 cm³/mol. The summed E-state index contributed by atoms with van der Waals surface area (Å²) >= 11 is 6.45. The van der Waals surface area contributed by atoms with E-state index < -0.39 is 75.8 Å². The number of ether oxygens (including phenoxy) is 6. The second kappa shape index (κ2) is 43.8. The first kappa shape index (κ1) is 95.1. The van der Waals surface area contributed by atoms with Crippen LogP contribution < -0.4 is 39.5 Å². The molecule has 8 aromatic carbocycles. The SMILES string of the molecule is CCC1CN(c2cnc(N3CCS(=O)(=O)CC3)c(F)c2)C(=O)O1.CSc1ccc(-c2c(F)cc(N3CC(CNC(C)=O)OC3=O)cc2F)cc1.CSc1ccc(-c2ccc(N3CC(COc4ccon4)OC3=O)cc2F)cc1.CSc1ccc(-c2ccc(N3CC(Cn4cccc4)OC3=O)cc2F)cc1.CSc1ccc(-c2ccc(N3CC(Cn4cccn4)OC3=O)cc2F)cc1. The Morgan fingerprint density at radius 2 is 0.864 bits per heavy atom. The molecule has 38 heteroatoms. The molecule has 6 aliphatic heterocycles. The zero-order chi connectivity index (χ0) is 93.3. The third-order valence-corrected chi connectivity index (χ3v) is 26.3. The van der Waals surface area contributed by atoms with E-state index >= 15 is 0 Å². The van der Waals surface area contributed by atoms with Crippen LogP contribution in [0.15, 0.2) is 255 Å². The second-order valence-corrected chi connectivity index (χ2v) is 36.3. The van der Waals surface area contributed by atoms with Gasteiger partial charge in [-0.05, 0) is 192 Å². The second-order valence-electron chi connectivity index (χ2n) is 30.5. The molecule has 0 bridgehead atoms. The highest BCUT2D eigenvalue weighted by atomic mass is 32.2. The van der Waals surface area contributed by atoms with Gasteiger partial charge in [-0.1, -0.05) is 55.5 Å². The Hall–Kier alpha value is -13.0. The number of aromatic nitrogens is 5. The van der Waals surface area contributed by atoms with E-state index in [4.69, 9.17) is 28.4 Å². The fourth-order valence-corrected chi connectivity index (χ4v) is 17.7. The van der Waals surface area contributed by atoms with Gasteiger partial charge in [0.25, 0.3) is 5.88 Å². The number of hydrogen-bond acceptors (Lipinski definition) is 23. The summed E-state index contributed by atoms with van der Waals surface area (Å²) in [6.45, 7) is 6.52. The molecule has 12 aromatic rings. The number of pyridine rings is 1. The number of carbonyl (C=O) groups is 6. The molecule has 10 heterocycles. The van der Waals surface area contributed by atoms with Crippen LogP contribution in [0.3, 0.4) is 0 Å². The summed E-state index contributed by atoms with van der Waals surface area (Å²) < 4.78 is 151. The van der Waals surface area contributed by atoms with E-state index in [0.717, 1.165) is 53.3 Å². The summed E-state index contributed by atoms with van der Waals surface area (Å²) in [4.78, 5) is 88.3. The van der Waals surface area contributed by atoms with Gasteiger partial charge in [-0.15, -0.1) is 47.0 Å². The van der Waals surface area contributed by atoms with E-state index in [1.165, 1.54) is 75.0 Å². The van der Waals surface area contributed by atoms with Crippen LogP contribution >= 0.6 is 47.0 Å². The lowest BCUT2D eigenvalue weighted by Crippen LogP contribution is -2.41. The summed E-state index contributed by atoms with van der Waals surface area (Å²) in [6.07, 6.45) is 14.3. The lowest BCUT2D eigenvalue weighted by molar-refractivity contribution is -0.119. The highest BCUT2D eigenvalue weighted by Gasteiger charge is 2.39. The van der Waals surface area contributed by atoms with Crippen molar-refractivity contribution in [1.82, 2.24) is 29.8 Å². The third kappa shape index (κ3) is 24.0. The Bertz CT molecular complexity index is 5970. The van der Waals surface area contributed by atoms with Crippen molar-refractivity contribution in [2.75, 3.05) is 125 Å². The molecule has 6 aliphatic rings. The molecule has 27 nitrogen and oxygen atoms in total. The van der Waals surface area contributed by atoms with E-state index in [1.807, 2.05) is 146 Å². The van der Waals surface area contributed by atoms with Gasteiger partial charge >= 0.3 is 30.5 Å². The quantitative estimate of drug-likeness (QED) is 0.0334. The van der Waals surface area contributed by atoms with Crippen LogP contribution in [0.5, 0.6) is 5.88 Å². The fraction of sp³-hybridized carbons (Fsp3) is 0.266. The fourth-order valence-electron chi connectivity index (χ4n) is 14.8. The molecular formula is C94H90F6N12O15S5. The number of hydrogen-bond donors (Lipinski definition) is 1. The van der Waals surface area contributed by atoms with Crippen molar-refractivity contribution in [1.29, 1.82) is 0 Å². The summed E-state index contributed by atoms with van der Waals surface area (Å²) in [6, 6.07) is 55.1. The molecular weight excluding hydrogens is 1810 g/mol. The highest BCUT2D eigenvalue weighted by molar-refractivity contribution is 7.99. The number of sulfone groups is 1. The number of halogens is 6. The molecule has 0 aliphatic carbocycles. The number of amides is 6. The minimum atomic E-state index is -3.04. The van der Waals surface area contributed by atoms with E-state index in [0.29, 0.717) is 90.0 Å². The molecule has 5 atom stereocenters. The number of cyclic esters (lactones) is 5. The molecule has 0 radical (unpaired) electrons. The summed E-state index contributed by atoms with van der Waals surface area (Å²) in [5.41, 5.74) is 6.04. The first-order valence-electron chi connectivity index (χ1n) is 41.5. The molecule has 18 rings (SSSR count). The van der Waals surface area contributed by atoms with Crippen molar-refractivity contribution in [2.24, 2.45) is 0 Å². The van der Waals surface area contributed by atoms with Crippen LogP contribution in [-0.2, 0) is 51.4 Å². The largest absolute Gasteiger partial charge is 0.471 e. The Morgan fingerprint density at radius 3 is 1.28 bits per heavy atom. The van der Waals surface area contributed by atoms with E-state index in [2.05, 4.69) is 25.1 Å². The topological polar surface area (TPSA) is 285 Å². The molecule has 1 N–H and O–H groups in total. The monoisotopic (exact) mass is 1900 g/mol. The smallest absolute Gasteiger partial charge is 0.414 e. The van der Waals surface area contributed by atoms with Gasteiger partial charge in [0.15, 0.2) is 27.6 Å². The Balaban J connectivity index is 0.000000133. The van der Waals surface area contributed by atoms with E-state index in [9.17, 15) is 63.5 Å². The molecule has 0 saturated carbocycles. The highest BCUT2D eigenvalue weighted by Crippen LogP contribution is 2.38. The summed E-state index contributed by atoms with van der Waals surface area (Å²) in [5.74, 6) is -3.06. The van der Waals surface area contributed by atoms with Gasteiger partial charge in [0.1, 0.15) is 66.4 Å². The van der Waals surface area contributed by atoms with Gasteiger partial charge < -0.3 is 47.7 Å². The van der Waals surface area contributed by atoms with Crippen LogP contribution in [-0.4, -0.2) is 195 Å². The van der Waals surface area contributed by atoms with Gasteiger partial charge in [-0.3, -0.25) is 34.0 Å². The maximum atomic E-state index is 14.7. The average molecular weight is 1900 g/mol. The van der Waals surface area contributed by atoms with Crippen LogP contribution in [0.4, 0.5) is 84.6 Å². The normalized spacial score (nSPS) is 17.8. The first-order valence-corrected chi connectivity index (χ1v) is 48.2. The number of nitrogens with zero attached hydrogens (tertiary/aromatic N) is 11. The van der Waals surface area contributed by atoms with Crippen LogP contribution in [0.2, 0.25) is 0 Å². The zero-order valence-corrected chi connectivity index (χ0v) is 76.2. The molecule has 4 aromatic heterocycles. The molecule has 5 unspecified atom stereocenters. The number of carbonyl (C=O) groups excluding carboxylic acids is 6. The molecule has 6 fully saturated rings. The van der Waals surface area contributed by atoms with Crippen molar-refractivity contribution < 1.29 is 96.5 Å². The van der Waals surface area contributed by atoms with Crippen molar-refractivity contribution >= 4 is 128 Å². The van der Waals surface area contributed by atoms with Crippen molar-refractivity contribution in [3.8, 4) is 50.4 Å². The van der Waals surface area contributed by atoms with Crippen LogP contribution in [0.25, 0.3) is 44.5 Å². The van der Waals surface area contributed by atoms with E-state index in [1.54, 1.807) is 118 Å². The Labute approximate surface area is 773 Å². The number of nitrogens with one attached hydrogen (secondary N) is 1. The van der Waals surface area contributed by atoms with Gasteiger partial charge in [0, 0.05) is 93.2 Å². The maximum absolute atomic E-state index is 14.7. The first-order chi connectivity index (χ1) is 63.7. The average Bonchev–Trinajstić information content (AvgIpc) is 1.61. The molecule has 688 valence electrons. The lowest BCUT2D eigenvalue weighted by Gasteiger charge is -2.28. The zero-order valence-electron chi connectivity index (χ0n) is 72.1. The number of rotatable bonds is 24. The number of benzene rings is 8. The Kier molecular flexibility index (Phi) is 31.5. The summed E-state index contributed by atoms with van der Waals surface area (Å²) in [5, 5.41) is 10.3. The lowest BCUT2D eigenvalue weighted by atomic mass is 10.0. The van der Waals surface area contributed by atoms with Gasteiger partial charge in [0.2, 0.25) is 5.91 Å². The molecule has 0 spiro atoms. The maximum Gasteiger partial charge on any atom is 0.414 e. The standard InChI is InChI=1S/C21H19FN2O2S.C20H18FN3O2S.C20H17FN2O4S.C19H18F2N2O3S.C14H18FN3O4S/c1-27-18-7-4-15(5-8-18)19-9-6-16(12-20(19)22)24-14-17(26-21(24)25)13-23-10-2-3-11-23;1-27-17-6-3-14(4-7-17)18-8-5-15(11-19(18)21)24-13-16(26-20(24)25)12-23-10-2-9-22-23;1-28-16-5-2-13(3-6-16)17-7-4-14(10-18(17)21)23-11-15(27-20(23)24)12-25-19-8-9-26-22-19;1-11(24)22-9-14-10-23(19(25)26-14)13-7-16(20)18(17(21)8-13)12-3-5-15(27-2)6-4-12;1-2-11-9-18(14(19)22-11)10-7-12(15)13(16-8-10)17-3-5-23(20,21)6-4-17/h2-12,17H,13-14H2,1H3;2-11,16H,12-13H2,1H3;2-10,15H,11-12H2,1H3;3-8,14H,9-10H2,1-2H3,(H,22,24);7-8,11H,2-6,9H2,1H3. The summed E-state index contributed by atoms with van der Waals surface area (Å²) in [7, 11) is -3.04. The number of anilines is 6. The predicted octanol–water partition coefficient (Wildman–Crippen LogP) is 19.1. The van der Waals surface area contributed by atoms with Crippen molar-refractivity contribution in [2.45, 2.75) is 83.5 Å². The van der Waals surface area contributed by atoms with Crippen molar-refractivity contribution in [3.63, 3.8) is 0 Å². The molecule has 6 saturated heterocycles.